The van der Waals surface area contributed by atoms with Gasteiger partial charge in [-0.2, -0.15) is 0 Å². The van der Waals surface area contributed by atoms with Crippen LogP contribution in [0.3, 0.4) is 0 Å². The Morgan fingerprint density at radius 2 is 1.76 bits per heavy atom. The number of rotatable bonds is 2. The molecule has 0 N–H and O–H groups in total. The third-order valence-electron chi connectivity index (χ3n) is 3.18. The van der Waals surface area contributed by atoms with Crippen molar-refractivity contribution in [3.05, 3.63) is 0 Å². The average Bonchev–Trinajstić information content (AvgIpc) is 2.08. The van der Waals surface area contributed by atoms with Gasteiger partial charge in [-0.3, -0.25) is 9.59 Å². The van der Waals surface area contributed by atoms with Gasteiger partial charge >= 0.3 is 11.9 Å². The van der Waals surface area contributed by atoms with Gasteiger partial charge < -0.3 is 9.47 Å². The van der Waals surface area contributed by atoms with Crippen LogP contribution in [-0.2, 0) is 19.1 Å². The molecule has 17 heavy (non-hydrogen) atoms. The molecule has 0 aromatic heterocycles. The molecule has 1 rings (SSSR count). The highest BCUT2D eigenvalue weighted by Gasteiger charge is 2.55. The molecular formula is C13H22O4. The van der Waals surface area contributed by atoms with Gasteiger partial charge in [-0.15, -0.1) is 0 Å². The zero-order valence-corrected chi connectivity index (χ0v) is 11.5. The van der Waals surface area contributed by atoms with Crippen LogP contribution < -0.4 is 0 Å². The summed E-state index contributed by atoms with van der Waals surface area (Å²) in [7, 11) is 0. The maximum Gasteiger partial charge on any atom is 0.310 e. The van der Waals surface area contributed by atoms with E-state index in [0.29, 0.717) is 6.42 Å². The summed E-state index contributed by atoms with van der Waals surface area (Å²) < 4.78 is 10.5. The van der Waals surface area contributed by atoms with Gasteiger partial charge in [-0.1, -0.05) is 13.8 Å². The van der Waals surface area contributed by atoms with Gasteiger partial charge in [-0.05, 0) is 27.2 Å². The van der Waals surface area contributed by atoms with Crippen molar-refractivity contribution in [2.45, 2.75) is 59.7 Å². The van der Waals surface area contributed by atoms with Gasteiger partial charge in [0.25, 0.3) is 0 Å². The van der Waals surface area contributed by atoms with E-state index in [-0.39, 0.29) is 29.4 Å². The number of esters is 2. The van der Waals surface area contributed by atoms with E-state index in [4.69, 9.17) is 9.47 Å². The summed E-state index contributed by atoms with van der Waals surface area (Å²) in [6.45, 7) is 10.8. The third kappa shape index (κ3) is 3.20. The van der Waals surface area contributed by atoms with Crippen LogP contribution in [0, 0.1) is 11.3 Å². The predicted molar refractivity (Wildman–Crippen MR) is 63.3 cm³/mol. The van der Waals surface area contributed by atoms with Crippen molar-refractivity contribution in [2.75, 3.05) is 0 Å². The summed E-state index contributed by atoms with van der Waals surface area (Å²) in [6, 6.07) is 0. The molecule has 1 aliphatic carbocycles. The molecule has 0 spiro atoms. The van der Waals surface area contributed by atoms with E-state index in [1.807, 2.05) is 34.6 Å². The first kappa shape index (κ1) is 14.0. The van der Waals surface area contributed by atoms with E-state index in [1.54, 1.807) is 0 Å². The summed E-state index contributed by atoms with van der Waals surface area (Å²) in [5.41, 5.74) is -0.812. The fourth-order valence-electron chi connectivity index (χ4n) is 2.06. The van der Waals surface area contributed by atoms with E-state index in [2.05, 4.69) is 0 Å². The standard InChI is InChI=1S/C13H22O4/c1-8(14)16-10-7-9(13(10,5)6)11(15)17-12(2,3)4/h9-10H,7H2,1-6H3/t9-,10-/m0/s1. The van der Waals surface area contributed by atoms with Crippen LogP contribution in [0.1, 0.15) is 48.0 Å². The van der Waals surface area contributed by atoms with Crippen LogP contribution in [-0.4, -0.2) is 23.6 Å². The van der Waals surface area contributed by atoms with Crippen molar-refractivity contribution in [1.82, 2.24) is 0 Å². The Bertz CT molecular complexity index is 325. The fraction of sp³-hybridized carbons (Fsp3) is 0.846. The lowest BCUT2D eigenvalue weighted by Gasteiger charge is -2.49. The van der Waals surface area contributed by atoms with E-state index >= 15 is 0 Å². The van der Waals surface area contributed by atoms with Crippen molar-refractivity contribution < 1.29 is 19.1 Å². The molecule has 4 heteroatoms. The Morgan fingerprint density at radius 1 is 1.24 bits per heavy atom. The molecule has 0 aromatic carbocycles. The largest absolute Gasteiger partial charge is 0.462 e. The zero-order chi connectivity index (χ0) is 13.4. The second-order valence-corrected chi connectivity index (χ2v) is 6.24. The van der Waals surface area contributed by atoms with Crippen LogP contribution in [0.2, 0.25) is 0 Å². The topological polar surface area (TPSA) is 52.6 Å². The van der Waals surface area contributed by atoms with E-state index in [1.165, 1.54) is 6.92 Å². The van der Waals surface area contributed by atoms with E-state index in [9.17, 15) is 9.59 Å². The van der Waals surface area contributed by atoms with E-state index in [0.717, 1.165) is 0 Å². The number of carbonyl (C=O) groups is 2. The highest BCUT2D eigenvalue weighted by Crippen LogP contribution is 2.49. The lowest BCUT2D eigenvalue weighted by atomic mass is 9.60. The first-order chi connectivity index (χ1) is 7.54. The highest BCUT2D eigenvalue weighted by molar-refractivity contribution is 5.76. The molecule has 0 aliphatic heterocycles. The molecule has 0 radical (unpaired) electrons. The molecule has 4 nitrogen and oxygen atoms in total. The van der Waals surface area contributed by atoms with Gasteiger partial charge in [0.2, 0.25) is 0 Å². The van der Waals surface area contributed by atoms with Crippen LogP contribution in [0.15, 0.2) is 0 Å². The first-order valence-corrected chi connectivity index (χ1v) is 5.94. The summed E-state index contributed by atoms with van der Waals surface area (Å²) in [6.07, 6.45) is 0.374. The minimum atomic E-state index is -0.473. The quantitative estimate of drug-likeness (QED) is 0.697. The molecule has 0 amide bonds. The molecule has 0 aromatic rings. The van der Waals surface area contributed by atoms with Gasteiger partial charge in [0, 0.05) is 12.3 Å². The minimum absolute atomic E-state index is 0.183. The maximum atomic E-state index is 11.9. The molecular weight excluding hydrogens is 220 g/mol. The SMILES string of the molecule is CC(=O)O[C@H]1C[C@@H](C(=O)OC(C)(C)C)C1(C)C. The van der Waals surface area contributed by atoms with Gasteiger partial charge in [0.15, 0.2) is 0 Å². The van der Waals surface area contributed by atoms with Crippen molar-refractivity contribution in [1.29, 1.82) is 0 Å². The smallest absolute Gasteiger partial charge is 0.310 e. The number of hydrogen-bond donors (Lipinski definition) is 0. The molecule has 0 unspecified atom stereocenters. The first-order valence-electron chi connectivity index (χ1n) is 5.94. The Hall–Kier alpha value is -1.06. The third-order valence-corrected chi connectivity index (χ3v) is 3.18. The molecule has 2 atom stereocenters. The van der Waals surface area contributed by atoms with E-state index < -0.39 is 5.60 Å². The van der Waals surface area contributed by atoms with Gasteiger partial charge in [-0.25, -0.2) is 0 Å². The Kier molecular flexibility index (Phi) is 3.55. The summed E-state index contributed by atoms with van der Waals surface area (Å²) in [4.78, 5) is 22.8. The zero-order valence-electron chi connectivity index (χ0n) is 11.5. The molecule has 0 saturated heterocycles. The van der Waals surface area contributed by atoms with Crippen LogP contribution in [0.4, 0.5) is 0 Å². The molecule has 1 saturated carbocycles. The number of ether oxygens (including phenoxy) is 2. The van der Waals surface area contributed by atoms with Crippen LogP contribution in [0.25, 0.3) is 0 Å². The molecule has 98 valence electrons. The summed E-state index contributed by atoms with van der Waals surface area (Å²) in [5, 5.41) is 0. The van der Waals surface area contributed by atoms with Crippen molar-refractivity contribution in [3.8, 4) is 0 Å². The number of hydrogen-bond acceptors (Lipinski definition) is 4. The average molecular weight is 242 g/mol. The molecule has 0 bridgehead atoms. The second kappa shape index (κ2) is 4.31. The summed E-state index contributed by atoms with van der Waals surface area (Å²) >= 11 is 0. The van der Waals surface area contributed by atoms with Gasteiger partial charge in [0.1, 0.15) is 11.7 Å². The minimum Gasteiger partial charge on any atom is -0.462 e. The van der Waals surface area contributed by atoms with Crippen LogP contribution >= 0.6 is 0 Å². The lowest BCUT2D eigenvalue weighted by molar-refractivity contribution is -0.196. The second-order valence-electron chi connectivity index (χ2n) is 6.24. The maximum absolute atomic E-state index is 11.9. The summed E-state index contributed by atoms with van der Waals surface area (Å²) in [5.74, 6) is -0.692. The normalized spacial score (nSPS) is 26.9. The van der Waals surface area contributed by atoms with Gasteiger partial charge in [0.05, 0.1) is 5.92 Å². The molecule has 0 heterocycles. The highest BCUT2D eigenvalue weighted by atomic mass is 16.6. The van der Waals surface area contributed by atoms with Crippen molar-refractivity contribution in [3.63, 3.8) is 0 Å². The monoisotopic (exact) mass is 242 g/mol. The Labute approximate surface area is 103 Å². The Balaban J connectivity index is 2.60. The fourth-order valence-corrected chi connectivity index (χ4v) is 2.06. The molecule has 1 aliphatic rings. The van der Waals surface area contributed by atoms with Crippen molar-refractivity contribution >= 4 is 11.9 Å². The lowest BCUT2D eigenvalue weighted by Crippen LogP contribution is -2.55. The van der Waals surface area contributed by atoms with Crippen LogP contribution in [0.5, 0.6) is 0 Å². The van der Waals surface area contributed by atoms with Crippen molar-refractivity contribution in [2.24, 2.45) is 11.3 Å². The Morgan fingerprint density at radius 3 is 2.12 bits per heavy atom. The predicted octanol–water partition coefficient (Wildman–Crippen LogP) is 2.31. The number of carbonyl (C=O) groups excluding carboxylic acids is 2. The molecule has 1 fully saturated rings.